The van der Waals surface area contributed by atoms with Crippen LogP contribution < -0.4 is 5.19 Å². The first kappa shape index (κ1) is 38.5. The molecule has 0 N–H and O–H groups in total. The third kappa shape index (κ3) is 7.83. The quantitative estimate of drug-likeness (QED) is 0.118. The molecule has 0 atom stereocenters. The maximum atomic E-state index is 6.36. The van der Waals surface area contributed by atoms with E-state index in [0.29, 0.717) is 0 Å². The number of fused-ring (bicyclic) bond motifs is 4. The first-order valence-corrected chi connectivity index (χ1v) is 23.3. The molecule has 4 nitrogen and oxygen atoms in total. The van der Waals surface area contributed by atoms with Gasteiger partial charge in [-0.3, -0.25) is 4.98 Å². The monoisotopic (exact) mass is 936 g/mol. The molecule has 1 radical (unpaired) electrons. The van der Waals surface area contributed by atoms with Gasteiger partial charge in [-0.1, -0.05) is 147 Å². The number of hydrogen-bond acceptors (Lipinski definition) is 3. The van der Waals surface area contributed by atoms with Gasteiger partial charge in [-0.2, -0.15) is 0 Å². The summed E-state index contributed by atoms with van der Waals surface area (Å²) in [6.45, 7) is 7.28. The van der Waals surface area contributed by atoms with Gasteiger partial charge in [0.15, 0.2) is 0 Å². The van der Waals surface area contributed by atoms with Crippen LogP contribution in [-0.4, -0.2) is 22.6 Å². The molecular weight excluding hydrogens is 891 g/mol. The van der Waals surface area contributed by atoms with Crippen LogP contribution in [0.2, 0.25) is 19.6 Å². The summed E-state index contributed by atoms with van der Waals surface area (Å²) < 4.78 is 8.59. The van der Waals surface area contributed by atoms with E-state index < -0.39 is 8.07 Å². The Morgan fingerprint density at radius 1 is 0.737 bits per heavy atom. The average Bonchev–Trinajstić information content (AvgIpc) is 3.99. The summed E-state index contributed by atoms with van der Waals surface area (Å²) in [6.07, 6.45) is 9.03. The Morgan fingerprint density at radius 3 is 2.28 bits per heavy atom. The van der Waals surface area contributed by atoms with E-state index >= 15 is 0 Å². The van der Waals surface area contributed by atoms with E-state index in [4.69, 9.17) is 14.4 Å². The van der Waals surface area contributed by atoms with Crippen LogP contribution in [0, 0.1) is 18.1 Å². The van der Waals surface area contributed by atoms with E-state index in [1.807, 2.05) is 48.5 Å². The van der Waals surface area contributed by atoms with Crippen LogP contribution in [0.3, 0.4) is 0 Å². The van der Waals surface area contributed by atoms with E-state index in [-0.39, 0.29) is 20.1 Å². The molecule has 1 saturated carbocycles. The van der Waals surface area contributed by atoms with Gasteiger partial charge in [-0.25, -0.2) is 0 Å². The third-order valence-electron chi connectivity index (χ3n) is 11.1. The molecule has 1 fully saturated rings. The summed E-state index contributed by atoms with van der Waals surface area (Å²) in [4.78, 5) is 9.84. The number of imidazole rings is 1. The van der Waals surface area contributed by atoms with Crippen LogP contribution in [0.15, 0.2) is 156 Å². The van der Waals surface area contributed by atoms with Gasteiger partial charge in [-0.05, 0) is 53.0 Å². The molecule has 0 saturated heterocycles. The van der Waals surface area contributed by atoms with Crippen molar-refractivity contribution in [2.45, 2.75) is 51.7 Å². The summed E-state index contributed by atoms with van der Waals surface area (Å²) in [7, 11) is -1.35. The van der Waals surface area contributed by atoms with Crippen LogP contribution in [0.25, 0.3) is 72.4 Å². The Morgan fingerprint density at radius 2 is 1.47 bits per heavy atom. The van der Waals surface area contributed by atoms with E-state index in [9.17, 15) is 0 Å². The summed E-state index contributed by atoms with van der Waals surface area (Å²) in [5, 5.41) is 3.71. The van der Waals surface area contributed by atoms with Gasteiger partial charge in [0.05, 0.1) is 30.5 Å². The molecule has 3 heterocycles. The zero-order valence-electron chi connectivity index (χ0n) is 32.6. The normalized spacial score (nSPS) is 13.1. The average molecular weight is 936 g/mol. The fourth-order valence-electron chi connectivity index (χ4n) is 8.39. The Kier molecular flexibility index (Phi) is 11.2. The molecule has 6 aromatic carbocycles. The maximum absolute atomic E-state index is 6.36. The molecule has 0 aliphatic heterocycles. The van der Waals surface area contributed by atoms with Crippen molar-refractivity contribution in [3.8, 4) is 39.5 Å². The molecule has 1 aliphatic carbocycles. The largest absolute Gasteiger partial charge is 0.501 e. The fraction of sp³-hybridized carbons (Fsp3) is 0.176. The fourth-order valence-corrected chi connectivity index (χ4v) is 9.98. The summed E-state index contributed by atoms with van der Waals surface area (Å²) in [5.74, 6) is 1.69. The van der Waals surface area contributed by atoms with Crippen LogP contribution in [0.4, 0.5) is 0 Å². The number of nitrogens with zero attached hydrogens (tertiary/aromatic N) is 3. The second kappa shape index (κ2) is 16.6. The van der Waals surface area contributed by atoms with E-state index in [0.717, 1.165) is 78.3 Å². The number of furan rings is 1. The Labute approximate surface area is 350 Å². The second-order valence-corrected chi connectivity index (χ2v) is 21.0. The molecule has 1 aliphatic rings. The Hall–Kier alpha value is -5.39. The van der Waals surface area contributed by atoms with Crippen molar-refractivity contribution < 1.29 is 24.5 Å². The van der Waals surface area contributed by atoms with Crippen molar-refractivity contribution >= 4 is 46.2 Å². The van der Waals surface area contributed by atoms with Gasteiger partial charge in [0.1, 0.15) is 5.58 Å². The minimum Gasteiger partial charge on any atom is -0.501 e. The topological polar surface area (TPSA) is 43.9 Å². The van der Waals surface area contributed by atoms with Gasteiger partial charge in [0.25, 0.3) is 0 Å². The van der Waals surface area contributed by atoms with E-state index in [1.54, 1.807) is 10.8 Å². The maximum Gasteiger partial charge on any atom is 0.120 e. The molecule has 285 valence electrons. The molecule has 0 amide bonds. The predicted octanol–water partition coefficient (Wildman–Crippen LogP) is 12.9. The minimum atomic E-state index is -1.35. The number of hydrogen-bond donors (Lipinski definition) is 0. The summed E-state index contributed by atoms with van der Waals surface area (Å²) in [6, 6.07) is 56.6. The van der Waals surface area contributed by atoms with E-state index in [2.05, 4.69) is 140 Å². The molecule has 10 rings (SSSR count). The number of pyridine rings is 1. The number of para-hydroxylation sites is 4. The molecule has 57 heavy (non-hydrogen) atoms. The third-order valence-corrected chi connectivity index (χ3v) is 13.2. The van der Waals surface area contributed by atoms with Gasteiger partial charge in [-0.15, -0.1) is 54.1 Å². The predicted molar refractivity (Wildman–Crippen MR) is 235 cm³/mol. The summed E-state index contributed by atoms with van der Waals surface area (Å²) >= 11 is 0. The van der Waals surface area contributed by atoms with Crippen molar-refractivity contribution in [1.29, 1.82) is 0 Å². The van der Waals surface area contributed by atoms with Crippen molar-refractivity contribution in [1.82, 2.24) is 14.5 Å². The Bertz CT molecular complexity index is 2780. The van der Waals surface area contributed by atoms with Crippen molar-refractivity contribution in [3.63, 3.8) is 0 Å². The SMILES string of the molecule is C[Si](C)(C)c1cnc(-c2[c-]cccc2)cc1CC1CCCC1.[Ir].[c-]1ccc2c(oc3ccccc32)c1-c1nc2ccccc2n1-c1ccccc1-c1ccccc1. The van der Waals surface area contributed by atoms with Crippen molar-refractivity contribution in [2.24, 2.45) is 5.92 Å². The number of aromatic nitrogens is 3. The zero-order chi connectivity index (χ0) is 38.1. The molecule has 3 aromatic heterocycles. The molecule has 0 unspecified atom stereocenters. The van der Waals surface area contributed by atoms with Gasteiger partial charge < -0.3 is 14.0 Å². The van der Waals surface area contributed by atoms with E-state index in [1.165, 1.54) is 32.1 Å². The smallest absolute Gasteiger partial charge is 0.120 e. The second-order valence-electron chi connectivity index (χ2n) is 15.9. The van der Waals surface area contributed by atoms with Gasteiger partial charge in [0, 0.05) is 42.9 Å². The number of rotatable bonds is 7. The van der Waals surface area contributed by atoms with Crippen molar-refractivity contribution in [3.05, 3.63) is 169 Å². The first-order valence-electron chi connectivity index (χ1n) is 19.8. The zero-order valence-corrected chi connectivity index (χ0v) is 36.0. The molecule has 9 aromatic rings. The van der Waals surface area contributed by atoms with Gasteiger partial charge >= 0.3 is 0 Å². The molecule has 0 spiro atoms. The van der Waals surface area contributed by atoms with Crippen LogP contribution in [0.1, 0.15) is 31.2 Å². The van der Waals surface area contributed by atoms with Gasteiger partial charge in [0.2, 0.25) is 0 Å². The molecule has 6 heteroatoms. The first-order chi connectivity index (χ1) is 27.4. The standard InChI is InChI=1S/C31H19N2O.C20H26NSi.Ir/c1-2-11-21(12-3-1)22-13-4-7-18-27(22)33-28-19-8-6-17-26(28)32-31(33)25-16-10-15-24-23-14-5-9-20-29(23)34-30(24)25;1-22(2,3)20-15-21-19(17-11-5-4-6-12-17)14-18(20)13-16-9-7-8-10-16;/h1-15,17-20H;4-6,11,14-16H,7-10,13H2,1-3H3;/q2*-1;. The Balaban J connectivity index is 0.000000172. The summed E-state index contributed by atoms with van der Waals surface area (Å²) in [5.41, 5.74) is 11.6. The van der Waals surface area contributed by atoms with Crippen LogP contribution >= 0.6 is 0 Å². The molecular formula is C51H45IrN3OSi-2. The minimum absolute atomic E-state index is 0. The molecule has 0 bridgehead atoms. The van der Waals surface area contributed by atoms with Crippen molar-refractivity contribution in [2.75, 3.05) is 0 Å². The number of benzene rings is 6. The van der Waals surface area contributed by atoms with Crippen LogP contribution in [-0.2, 0) is 26.5 Å². The van der Waals surface area contributed by atoms with Crippen LogP contribution in [0.5, 0.6) is 0 Å².